The molecule has 0 amide bonds. The van der Waals surface area contributed by atoms with Crippen LogP contribution in [-0.4, -0.2) is 19.1 Å². The second-order valence-electron chi connectivity index (χ2n) is 7.11. The van der Waals surface area contributed by atoms with Gasteiger partial charge in [0.15, 0.2) is 0 Å². The van der Waals surface area contributed by atoms with Gasteiger partial charge < -0.3 is 10.2 Å². The second kappa shape index (κ2) is 5.40. The van der Waals surface area contributed by atoms with Crippen LogP contribution in [0.1, 0.15) is 44.1 Å². The summed E-state index contributed by atoms with van der Waals surface area (Å²) in [4.78, 5) is 2.65. The lowest BCUT2D eigenvalue weighted by molar-refractivity contribution is 0.676. The van der Waals surface area contributed by atoms with Crippen molar-refractivity contribution in [2.45, 2.75) is 51.1 Å². The van der Waals surface area contributed by atoms with E-state index in [1.807, 2.05) is 0 Å². The van der Waals surface area contributed by atoms with Gasteiger partial charge in [0.25, 0.3) is 0 Å². The van der Waals surface area contributed by atoms with E-state index in [-0.39, 0.29) is 0 Å². The van der Waals surface area contributed by atoms with E-state index in [1.54, 1.807) is 0 Å². The van der Waals surface area contributed by atoms with Crippen molar-refractivity contribution in [3.63, 3.8) is 0 Å². The monoisotopic (exact) mass is 270 g/mol. The van der Waals surface area contributed by atoms with Gasteiger partial charge in [-0.05, 0) is 68.1 Å². The molecular weight excluding hydrogens is 244 g/mol. The number of nitrogens with zero attached hydrogens (tertiary/aromatic N) is 1. The van der Waals surface area contributed by atoms with E-state index in [0.29, 0.717) is 0 Å². The van der Waals surface area contributed by atoms with Crippen LogP contribution in [0, 0.1) is 11.8 Å². The summed E-state index contributed by atoms with van der Waals surface area (Å²) in [6, 6.07) is 10.1. The van der Waals surface area contributed by atoms with Crippen molar-refractivity contribution < 1.29 is 0 Å². The number of anilines is 1. The molecule has 0 spiro atoms. The fraction of sp³-hybridized carbons (Fsp3) is 0.667. The third-order valence-corrected chi connectivity index (χ3v) is 4.82. The Morgan fingerprint density at radius 1 is 0.850 bits per heavy atom. The van der Waals surface area contributed by atoms with Crippen molar-refractivity contribution in [3.8, 4) is 0 Å². The lowest BCUT2D eigenvalue weighted by atomic mass is 10.1. The average Bonchev–Trinajstić information content (AvgIpc) is 3.32. The van der Waals surface area contributed by atoms with Crippen LogP contribution >= 0.6 is 0 Å². The van der Waals surface area contributed by atoms with Gasteiger partial charge in [-0.25, -0.2) is 0 Å². The van der Waals surface area contributed by atoms with Crippen molar-refractivity contribution in [3.05, 3.63) is 29.8 Å². The summed E-state index contributed by atoms with van der Waals surface area (Å²) < 4.78 is 0. The van der Waals surface area contributed by atoms with Crippen LogP contribution in [0.3, 0.4) is 0 Å². The fourth-order valence-corrected chi connectivity index (χ4v) is 2.88. The average molecular weight is 270 g/mol. The minimum Gasteiger partial charge on any atom is -0.371 e. The Bertz CT molecular complexity index is 427. The van der Waals surface area contributed by atoms with Gasteiger partial charge >= 0.3 is 0 Å². The second-order valence-corrected chi connectivity index (χ2v) is 7.11. The topological polar surface area (TPSA) is 15.3 Å². The Labute approximate surface area is 122 Å². The molecule has 1 N–H and O–H groups in total. The summed E-state index contributed by atoms with van der Waals surface area (Å²) in [7, 11) is 0. The highest BCUT2D eigenvalue weighted by atomic mass is 15.1. The summed E-state index contributed by atoms with van der Waals surface area (Å²) >= 11 is 0. The van der Waals surface area contributed by atoms with Gasteiger partial charge in [-0.1, -0.05) is 12.1 Å². The van der Waals surface area contributed by atoms with Gasteiger partial charge in [0, 0.05) is 31.4 Å². The first-order chi connectivity index (χ1) is 9.87. The molecule has 3 aliphatic carbocycles. The summed E-state index contributed by atoms with van der Waals surface area (Å²) in [6.07, 6.45) is 8.54. The maximum atomic E-state index is 3.59. The molecule has 0 radical (unpaired) electrons. The molecule has 108 valence electrons. The molecule has 0 heterocycles. The maximum absolute atomic E-state index is 3.59. The molecule has 3 saturated carbocycles. The molecule has 0 aromatic heterocycles. The van der Waals surface area contributed by atoms with Crippen LogP contribution < -0.4 is 10.2 Å². The van der Waals surface area contributed by atoms with Gasteiger partial charge in [-0.15, -0.1) is 0 Å². The first kappa shape index (κ1) is 12.7. The van der Waals surface area contributed by atoms with Crippen LogP contribution in [0.15, 0.2) is 24.3 Å². The number of benzene rings is 1. The quantitative estimate of drug-likeness (QED) is 0.777. The minimum absolute atomic E-state index is 0.802. The first-order valence-electron chi connectivity index (χ1n) is 8.44. The van der Waals surface area contributed by atoms with Gasteiger partial charge in [-0.2, -0.15) is 0 Å². The Morgan fingerprint density at radius 2 is 1.45 bits per heavy atom. The highest BCUT2D eigenvalue weighted by molar-refractivity contribution is 5.48. The molecule has 4 rings (SSSR count). The van der Waals surface area contributed by atoms with E-state index < -0.39 is 0 Å². The molecule has 2 heteroatoms. The molecule has 3 fully saturated rings. The van der Waals surface area contributed by atoms with Crippen molar-refractivity contribution in [2.75, 3.05) is 18.0 Å². The number of rotatable bonds is 8. The molecule has 0 saturated heterocycles. The summed E-state index contributed by atoms with van der Waals surface area (Å²) in [6.45, 7) is 3.61. The van der Waals surface area contributed by atoms with Crippen molar-refractivity contribution in [2.24, 2.45) is 11.8 Å². The van der Waals surface area contributed by atoms with Gasteiger partial charge in [0.1, 0.15) is 0 Å². The van der Waals surface area contributed by atoms with Crippen molar-refractivity contribution >= 4 is 5.69 Å². The highest BCUT2D eigenvalue weighted by Gasteiger charge is 2.29. The van der Waals surface area contributed by atoms with Gasteiger partial charge in [0.2, 0.25) is 0 Å². The highest BCUT2D eigenvalue weighted by Crippen LogP contribution is 2.35. The standard InChI is InChI=1S/C18H26N2/c1-2-15(1)12-20(13-16-3-4-16)18-9-5-14(6-10-18)11-19-17-7-8-17/h5-6,9-10,15-17,19H,1-4,7-8,11-13H2. The Morgan fingerprint density at radius 3 is 1.95 bits per heavy atom. The lowest BCUT2D eigenvalue weighted by Gasteiger charge is -2.25. The first-order valence-corrected chi connectivity index (χ1v) is 8.44. The molecule has 0 bridgehead atoms. The van der Waals surface area contributed by atoms with Crippen LogP contribution in [-0.2, 0) is 6.54 Å². The smallest absolute Gasteiger partial charge is 0.0366 e. The fourth-order valence-electron chi connectivity index (χ4n) is 2.88. The zero-order valence-electron chi connectivity index (χ0n) is 12.4. The number of hydrogen-bond acceptors (Lipinski definition) is 2. The molecule has 0 unspecified atom stereocenters. The maximum Gasteiger partial charge on any atom is 0.0366 e. The molecule has 1 aromatic rings. The lowest BCUT2D eigenvalue weighted by Crippen LogP contribution is -2.28. The molecular formula is C18H26N2. The molecule has 0 aliphatic heterocycles. The molecule has 1 aromatic carbocycles. The summed E-state index contributed by atoms with van der Waals surface area (Å²) in [5.74, 6) is 1.95. The zero-order chi connectivity index (χ0) is 13.4. The molecule has 0 atom stereocenters. The van der Waals surface area contributed by atoms with Crippen LogP contribution in [0.5, 0.6) is 0 Å². The van der Waals surface area contributed by atoms with Gasteiger partial charge in [0.05, 0.1) is 0 Å². The van der Waals surface area contributed by atoms with Crippen LogP contribution in [0.2, 0.25) is 0 Å². The van der Waals surface area contributed by atoms with Crippen molar-refractivity contribution in [1.29, 1.82) is 0 Å². The molecule has 20 heavy (non-hydrogen) atoms. The number of nitrogens with one attached hydrogen (secondary N) is 1. The zero-order valence-corrected chi connectivity index (χ0v) is 12.4. The van der Waals surface area contributed by atoms with E-state index in [2.05, 4.69) is 34.5 Å². The predicted molar refractivity (Wildman–Crippen MR) is 84.0 cm³/mol. The Balaban J connectivity index is 1.38. The van der Waals surface area contributed by atoms with E-state index in [0.717, 1.165) is 24.4 Å². The third kappa shape index (κ3) is 3.54. The molecule has 3 aliphatic rings. The van der Waals surface area contributed by atoms with E-state index in [1.165, 1.54) is 62.9 Å². The normalized spacial score (nSPS) is 22.0. The van der Waals surface area contributed by atoms with Crippen molar-refractivity contribution in [1.82, 2.24) is 5.32 Å². The van der Waals surface area contributed by atoms with E-state index in [9.17, 15) is 0 Å². The van der Waals surface area contributed by atoms with Crippen LogP contribution in [0.25, 0.3) is 0 Å². The minimum atomic E-state index is 0.802. The Hall–Kier alpha value is -1.02. The Kier molecular flexibility index (Phi) is 3.43. The summed E-state index contributed by atoms with van der Waals surface area (Å²) in [5, 5.41) is 3.59. The SMILES string of the molecule is c1cc(N(CC2CC2)CC2CC2)ccc1CNC1CC1. The largest absolute Gasteiger partial charge is 0.371 e. The van der Waals surface area contributed by atoms with E-state index >= 15 is 0 Å². The number of hydrogen-bond donors (Lipinski definition) is 1. The van der Waals surface area contributed by atoms with Gasteiger partial charge in [-0.3, -0.25) is 0 Å². The molecule has 2 nitrogen and oxygen atoms in total. The van der Waals surface area contributed by atoms with Crippen LogP contribution in [0.4, 0.5) is 5.69 Å². The summed E-state index contributed by atoms with van der Waals surface area (Å²) in [5.41, 5.74) is 2.87. The third-order valence-electron chi connectivity index (χ3n) is 4.82. The van der Waals surface area contributed by atoms with E-state index in [4.69, 9.17) is 0 Å². The predicted octanol–water partition coefficient (Wildman–Crippen LogP) is 3.57.